The second kappa shape index (κ2) is 6.02. The molecule has 0 aliphatic carbocycles. The highest BCUT2D eigenvalue weighted by Gasteiger charge is 2.40. The van der Waals surface area contributed by atoms with Gasteiger partial charge in [0.25, 0.3) is 5.91 Å². The van der Waals surface area contributed by atoms with Gasteiger partial charge in [-0.05, 0) is 31.9 Å². The molecule has 114 valence electrons. The van der Waals surface area contributed by atoms with Crippen LogP contribution >= 0.6 is 11.6 Å². The summed E-state index contributed by atoms with van der Waals surface area (Å²) in [4.78, 5) is 29.9. The van der Waals surface area contributed by atoms with Crippen LogP contribution in [0.15, 0.2) is 12.1 Å². The quantitative estimate of drug-likeness (QED) is 0.865. The van der Waals surface area contributed by atoms with Gasteiger partial charge in [0.1, 0.15) is 5.15 Å². The lowest BCUT2D eigenvalue weighted by Gasteiger charge is -2.21. The van der Waals surface area contributed by atoms with Gasteiger partial charge in [-0.2, -0.15) is 0 Å². The summed E-state index contributed by atoms with van der Waals surface area (Å²) in [7, 11) is 0. The fourth-order valence-corrected chi connectivity index (χ4v) is 2.80. The van der Waals surface area contributed by atoms with Crippen LogP contribution in [0.5, 0.6) is 0 Å². The molecule has 5 nitrogen and oxygen atoms in total. The molecule has 0 bridgehead atoms. The molecule has 0 aromatic carbocycles. The summed E-state index contributed by atoms with van der Waals surface area (Å²) in [5.74, 6) is -0.487. The molecule has 1 saturated heterocycles. The molecule has 1 aliphatic heterocycles. The van der Waals surface area contributed by atoms with Crippen molar-refractivity contribution in [2.24, 2.45) is 11.1 Å². The standard InChI is InChI=1S/C15H20ClN3O2/c1-3-4-11-7-10(8-12(16)18-11)13(20)19-6-5-15(2,9-19)14(17)21/h7-8H,3-6,9H2,1-2H3,(H2,17,21). The van der Waals surface area contributed by atoms with E-state index in [4.69, 9.17) is 17.3 Å². The molecule has 1 atom stereocenters. The predicted octanol–water partition coefficient (Wildman–Crippen LogP) is 2.02. The molecule has 21 heavy (non-hydrogen) atoms. The number of hydrogen-bond donors (Lipinski definition) is 1. The number of aryl methyl sites for hydroxylation is 1. The molecule has 1 unspecified atom stereocenters. The Morgan fingerprint density at radius 1 is 1.48 bits per heavy atom. The third-order valence-corrected chi connectivity index (χ3v) is 4.15. The minimum atomic E-state index is -0.640. The van der Waals surface area contributed by atoms with E-state index in [2.05, 4.69) is 4.98 Å². The van der Waals surface area contributed by atoms with Crippen molar-refractivity contribution in [3.8, 4) is 0 Å². The molecule has 6 heteroatoms. The number of nitrogens with two attached hydrogens (primary N) is 1. The molecule has 1 aromatic rings. The van der Waals surface area contributed by atoms with E-state index in [1.807, 2.05) is 6.92 Å². The number of aromatic nitrogens is 1. The van der Waals surface area contributed by atoms with Crippen LogP contribution in [0.4, 0.5) is 0 Å². The van der Waals surface area contributed by atoms with Gasteiger partial charge in [-0.25, -0.2) is 4.98 Å². The maximum absolute atomic E-state index is 12.6. The Hall–Kier alpha value is -1.62. The number of halogens is 1. The number of carbonyl (C=O) groups excluding carboxylic acids is 2. The first-order valence-corrected chi connectivity index (χ1v) is 7.49. The molecule has 2 rings (SSSR count). The van der Waals surface area contributed by atoms with Gasteiger partial charge in [0.15, 0.2) is 0 Å². The average molecular weight is 310 g/mol. The van der Waals surface area contributed by atoms with E-state index < -0.39 is 5.41 Å². The molecule has 1 fully saturated rings. The number of pyridine rings is 1. The van der Waals surface area contributed by atoms with Gasteiger partial charge < -0.3 is 10.6 Å². The summed E-state index contributed by atoms with van der Waals surface area (Å²) < 4.78 is 0. The van der Waals surface area contributed by atoms with Gasteiger partial charge in [0.05, 0.1) is 5.41 Å². The molecule has 2 heterocycles. The summed E-state index contributed by atoms with van der Waals surface area (Å²) in [6.07, 6.45) is 2.30. The topological polar surface area (TPSA) is 76.3 Å². The highest BCUT2D eigenvalue weighted by Crippen LogP contribution is 2.30. The van der Waals surface area contributed by atoms with Gasteiger partial charge in [-0.3, -0.25) is 9.59 Å². The first-order chi connectivity index (χ1) is 9.85. The molecule has 0 spiro atoms. The molecule has 1 aliphatic rings. The fourth-order valence-electron chi connectivity index (χ4n) is 2.58. The first-order valence-electron chi connectivity index (χ1n) is 7.11. The average Bonchev–Trinajstić information content (AvgIpc) is 2.82. The number of carbonyl (C=O) groups is 2. The molecule has 0 radical (unpaired) electrons. The zero-order chi connectivity index (χ0) is 15.6. The minimum Gasteiger partial charge on any atom is -0.369 e. The van der Waals surface area contributed by atoms with Crippen LogP contribution < -0.4 is 5.73 Å². The lowest BCUT2D eigenvalue weighted by Crippen LogP contribution is -2.38. The summed E-state index contributed by atoms with van der Waals surface area (Å²) >= 11 is 5.99. The number of rotatable bonds is 4. The number of nitrogens with zero attached hydrogens (tertiary/aromatic N) is 2. The minimum absolute atomic E-state index is 0.123. The van der Waals surface area contributed by atoms with E-state index in [0.717, 1.165) is 18.5 Å². The van der Waals surface area contributed by atoms with Gasteiger partial charge in [0.2, 0.25) is 5.91 Å². The van der Waals surface area contributed by atoms with Crippen LogP contribution in [0.25, 0.3) is 0 Å². The second-order valence-corrected chi connectivity index (χ2v) is 6.21. The monoisotopic (exact) mass is 309 g/mol. The SMILES string of the molecule is CCCc1cc(C(=O)N2CCC(C)(C(N)=O)C2)cc(Cl)n1. The van der Waals surface area contributed by atoms with Crippen molar-refractivity contribution < 1.29 is 9.59 Å². The van der Waals surface area contributed by atoms with Gasteiger partial charge in [-0.1, -0.05) is 24.9 Å². The van der Waals surface area contributed by atoms with E-state index in [1.54, 1.807) is 24.0 Å². The Kier molecular flexibility index (Phi) is 4.52. The van der Waals surface area contributed by atoms with Crippen molar-refractivity contribution in [3.05, 3.63) is 28.5 Å². The van der Waals surface area contributed by atoms with Crippen LogP contribution in [0.1, 0.15) is 42.7 Å². The van der Waals surface area contributed by atoms with Gasteiger partial charge in [-0.15, -0.1) is 0 Å². The Labute approximate surface area is 129 Å². The smallest absolute Gasteiger partial charge is 0.254 e. The second-order valence-electron chi connectivity index (χ2n) is 5.82. The maximum atomic E-state index is 12.6. The summed E-state index contributed by atoms with van der Waals surface area (Å²) in [6, 6.07) is 3.35. The third kappa shape index (κ3) is 3.35. The van der Waals surface area contributed by atoms with Crippen molar-refractivity contribution in [2.45, 2.75) is 33.1 Å². The van der Waals surface area contributed by atoms with Crippen LogP contribution in [0.3, 0.4) is 0 Å². The molecule has 2 amide bonds. The van der Waals surface area contributed by atoms with Crippen LogP contribution in [0, 0.1) is 5.41 Å². The van der Waals surface area contributed by atoms with Crippen LogP contribution in [-0.2, 0) is 11.2 Å². The summed E-state index contributed by atoms with van der Waals surface area (Å²) in [5.41, 5.74) is 6.10. The number of hydrogen-bond acceptors (Lipinski definition) is 3. The maximum Gasteiger partial charge on any atom is 0.254 e. The van der Waals surface area contributed by atoms with Crippen molar-refractivity contribution >= 4 is 23.4 Å². The first kappa shape index (κ1) is 15.8. The molecule has 1 aromatic heterocycles. The Bertz CT molecular complexity index is 576. The van der Waals surface area contributed by atoms with E-state index >= 15 is 0 Å². The van der Waals surface area contributed by atoms with Gasteiger partial charge in [0, 0.05) is 24.3 Å². The van der Waals surface area contributed by atoms with Crippen LogP contribution in [0.2, 0.25) is 5.15 Å². The lowest BCUT2D eigenvalue weighted by molar-refractivity contribution is -0.126. The highest BCUT2D eigenvalue weighted by atomic mass is 35.5. The summed E-state index contributed by atoms with van der Waals surface area (Å²) in [5, 5.41) is 0.321. The normalized spacial score (nSPS) is 21.6. The molecule has 2 N–H and O–H groups in total. The predicted molar refractivity (Wildman–Crippen MR) is 81.1 cm³/mol. The Morgan fingerprint density at radius 2 is 2.19 bits per heavy atom. The van der Waals surface area contributed by atoms with Crippen molar-refractivity contribution in [2.75, 3.05) is 13.1 Å². The Balaban J connectivity index is 2.19. The highest BCUT2D eigenvalue weighted by molar-refractivity contribution is 6.29. The van der Waals surface area contributed by atoms with Crippen molar-refractivity contribution in [1.29, 1.82) is 0 Å². The molecule has 0 saturated carbocycles. The third-order valence-electron chi connectivity index (χ3n) is 3.96. The fraction of sp³-hybridized carbons (Fsp3) is 0.533. The van der Waals surface area contributed by atoms with E-state index in [9.17, 15) is 9.59 Å². The van der Waals surface area contributed by atoms with Crippen molar-refractivity contribution in [1.82, 2.24) is 9.88 Å². The number of primary amides is 1. The zero-order valence-electron chi connectivity index (χ0n) is 12.4. The van der Waals surface area contributed by atoms with E-state index in [-0.39, 0.29) is 11.8 Å². The van der Waals surface area contributed by atoms with Crippen molar-refractivity contribution in [3.63, 3.8) is 0 Å². The summed E-state index contributed by atoms with van der Waals surface area (Å²) in [6.45, 7) is 4.72. The largest absolute Gasteiger partial charge is 0.369 e. The molecular weight excluding hydrogens is 290 g/mol. The van der Waals surface area contributed by atoms with E-state index in [0.29, 0.717) is 30.2 Å². The zero-order valence-corrected chi connectivity index (χ0v) is 13.1. The number of amides is 2. The van der Waals surface area contributed by atoms with Gasteiger partial charge >= 0.3 is 0 Å². The van der Waals surface area contributed by atoms with E-state index in [1.165, 1.54) is 0 Å². The Morgan fingerprint density at radius 3 is 2.76 bits per heavy atom. The molecular formula is C15H20ClN3O2. The van der Waals surface area contributed by atoms with Crippen LogP contribution in [-0.4, -0.2) is 34.8 Å². The number of likely N-dealkylation sites (tertiary alicyclic amines) is 1. The lowest BCUT2D eigenvalue weighted by atomic mass is 9.89.